The van der Waals surface area contributed by atoms with Gasteiger partial charge >= 0.3 is 0 Å². The Labute approximate surface area is 95.0 Å². The summed E-state index contributed by atoms with van der Waals surface area (Å²) in [6.07, 6.45) is 0. The molecular weight excluding hydrogens is 206 g/mol. The van der Waals surface area contributed by atoms with E-state index in [1.54, 1.807) is 6.92 Å². The molecule has 0 fully saturated rings. The minimum absolute atomic E-state index is 0.151. The van der Waals surface area contributed by atoms with Gasteiger partial charge in [-0.25, -0.2) is 4.98 Å². The molecule has 1 rings (SSSR count). The summed E-state index contributed by atoms with van der Waals surface area (Å²) in [6, 6.07) is 0. The summed E-state index contributed by atoms with van der Waals surface area (Å²) in [7, 11) is 0. The molecule has 4 N–H and O–H groups in total. The van der Waals surface area contributed by atoms with E-state index in [4.69, 9.17) is 5.73 Å². The number of hydrogen-bond donors (Lipinski definition) is 3. The van der Waals surface area contributed by atoms with Gasteiger partial charge in [0.1, 0.15) is 5.82 Å². The maximum atomic E-state index is 11.8. The molecule has 0 aliphatic heterocycles. The van der Waals surface area contributed by atoms with Crippen molar-refractivity contribution < 1.29 is 4.79 Å². The monoisotopic (exact) mass is 225 g/mol. The normalized spacial score (nSPS) is 14.9. The molecule has 16 heavy (non-hydrogen) atoms. The number of rotatable bonds is 4. The van der Waals surface area contributed by atoms with Crippen LogP contribution in [0.25, 0.3) is 0 Å². The Kier molecular flexibility index (Phi) is 3.64. The van der Waals surface area contributed by atoms with Gasteiger partial charge in [-0.1, -0.05) is 13.8 Å². The van der Waals surface area contributed by atoms with Gasteiger partial charge in [0.25, 0.3) is 5.91 Å². The van der Waals surface area contributed by atoms with Crippen molar-refractivity contribution in [1.82, 2.24) is 20.5 Å². The largest absolute Gasteiger partial charge is 0.343 e. The van der Waals surface area contributed by atoms with E-state index < -0.39 is 5.54 Å². The van der Waals surface area contributed by atoms with Crippen LogP contribution in [0.2, 0.25) is 0 Å². The zero-order valence-electron chi connectivity index (χ0n) is 10.2. The Morgan fingerprint density at radius 2 is 2.25 bits per heavy atom. The first-order valence-electron chi connectivity index (χ1n) is 5.30. The van der Waals surface area contributed by atoms with Crippen molar-refractivity contribution in [2.75, 3.05) is 6.54 Å². The molecule has 1 amide bonds. The van der Waals surface area contributed by atoms with Crippen LogP contribution in [0.5, 0.6) is 0 Å². The first-order chi connectivity index (χ1) is 7.39. The second-order valence-electron chi connectivity index (χ2n) is 4.47. The van der Waals surface area contributed by atoms with Gasteiger partial charge in [0.15, 0.2) is 0 Å². The second-order valence-corrected chi connectivity index (χ2v) is 4.47. The van der Waals surface area contributed by atoms with Crippen molar-refractivity contribution in [3.05, 3.63) is 11.6 Å². The van der Waals surface area contributed by atoms with E-state index in [0.29, 0.717) is 12.4 Å². The fourth-order valence-corrected chi connectivity index (χ4v) is 1.19. The average molecular weight is 225 g/mol. The number of aryl methyl sites for hydroxylation is 1. The van der Waals surface area contributed by atoms with Gasteiger partial charge in [-0.3, -0.25) is 9.89 Å². The summed E-state index contributed by atoms with van der Waals surface area (Å²) in [5.74, 6) is 0.703. The van der Waals surface area contributed by atoms with Crippen LogP contribution in [0, 0.1) is 12.8 Å². The van der Waals surface area contributed by atoms with Crippen LogP contribution in [0.15, 0.2) is 0 Å². The molecule has 6 heteroatoms. The number of H-pyrrole nitrogens is 1. The molecule has 6 nitrogen and oxygen atoms in total. The van der Waals surface area contributed by atoms with E-state index in [9.17, 15) is 4.79 Å². The maximum absolute atomic E-state index is 11.8. The predicted molar refractivity (Wildman–Crippen MR) is 60.9 cm³/mol. The highest BCUT2D eigenvalue weighted by atomic mass is 16.2. The minimum atomic E-state index is -0.439. The highest BCUT2D eigenvalue weighted by Crippen LogP contribution is 2.15. The number of nitrogens with zero attached hydrogens (tertiary/aromatic N) is 2. The van der Waals surface area contributed by atoms with Crippen molar-refractivity contribution in [3.63, 3.8) is 0 Å². The topological polar surface area (TPSA) is 96.7 Å². The van der Waals surface area contributed by atoms with Crippen molar-refractivity contribution in [2.24, 2.45) is 11.7 Å². The molecule has 0 saturated carbocycles. The Bertz CT molecular complexity index is 373. The van der Waals surface area contributed by atoms with Crippen LogP contribution in [-0.4, -0.2) is 33.2 Å². The summed E-state index contributed by atoms with van der Waals surface area (Å²) >= 11 is 0. The second kappa shape index (κ2) is 4.61. The van der Waals surface area contributed by atoms with Gasteiger partial charge in [0.2, 0.25) is 5.82 Å². The number of nitrogens with one attached hydrogen (secondary N) is 2. The smallest absolute Gasteiger partial charge is 0.291 e. The van der Waals surface area contributed by atoms with Crippen LogP contribution in [-0.2, 0) is 0 Å². The van der Waals surface area contributed by atoms with Gasteiger partial charge in [0.05, 0.1) is 5.54 Å². The first kappa shape index (κ1) is 12.6. The van der Waals surface area contributed by atoms with Gasteiger partial charge in [-0.2, -0.15) is 0 Å². The molecule has 90 valence electrons. The SMILES string of the molecule is Cc1nc(C(=O)NC(C)(CN)C(C)C)n[nH]1. The number of carbonyl (C=O) groups is 1. The Morgan fingerprint density at radius 3 is 2.62 bits per heavy atom. The van der Waals surface area contributed by atoms with Crippen molar-refractivity contribution >= 4 is 5.91 Å². The number of amides is 1. The van der Waals surface area contributed by atoms with E-state index in [1.165, 1.54) is 0 Å². The zero-order valence-corrected chi connectivity index (χ0v) is 10.2. The summed E-state index contributed by atoms with van der Waals surface area (Å²) in [5, 5.41) is 9.30. The van der Waals surface area contributed by atoms with E-state index in [0.717, 1.165) is 0 Å². The first-order valence-corrected chi connectivity index (χ1v) is 5.30. The highest BCUT2D eigenvalue weighted by molar-refractivity contribution is 5.90. The molecule has 1 aromatic heterocycles. The summed E-state index contributed by atoms with van der Waals surface area (Å²) in [4.78, 5) is 15.8. The lowest BCUT2D eigenvalue weighted by Gasteiger charge is -2.33. The van der Waals surface area contributed by atoms with E-state index in [-0.39, 0.29) is 17.6 Å². The van der Waals surface area contributed by atoms with Crippen molar-refractivity contribution in [3.8, 4) is 0 Å². The van der Waals surface area contributed by atoms with Crippen LogP contribution >= 0.6 is 0 Å². The van der Waals surface area contributed by atoms with Crippen molar-refractivity contribution in [1.29, 1.82) is 0 Å². The summed E-state index contributed by atoms with van der Waals surface area (Å²) in [5.41, 5.74) is 5.24. The quantitative estimate of drug-likeness (QED) is 0.682. The van der Waals surface area contributed by atoms with E-state index in [2.05, 4.69) is 20.5 Å². The Morgan fingerprint density at radius 1 is 1.62 bits per heavy atom. The van der Waals surface area contributed by atoms with Crippen LogP contribution in [0.3, 0.4) is 0 Å². The van der Waals surface area contributed by atoms with Crippen LogP contribution in [0.4, 0.5) is 0 Å². The number of aromatic amines is 1. The summed E-state index contributed by atoms with van der Waals surface area (Å²) < 4.78 is 0. The third kappa shape index (κ3) is 2.57. The van der Waals surface area contributed by atoms with E-state index in [1.807, 2.05) is 20.8 Å². The number of carbonyl (C=O) groups excluding carboxylic acids is 1. The number of aromatic nitrogens is 3. The molecule has 0 saturated heterocycles. The van der Waals surface area contributed by atoms with E-state index >= 15 is 0 Å². The fraction of sp³-hybridized carbons (Fsp3) is 0.700. The number of nitrogens with two attached hydrogens (primary N) is 1. The molecule has 0 spiro atoms. The van der Waals surface area contributed by atoms with Crippen LogP contribution < -0.4 is 11.1 Å². The van der Waals surface area contributed by atoms with Gasteiger partial charge in [-0.05, 0) is 19.8 Å². The molecule has 1 aromatic rings. The Balaban J connectivity index is 2.77. The molecular formula is C10H19N5O. The predicted octanol–water partition coefficient (Wildman–Crippen LogP) is 0.216. The lowest BCUT2D eigenvalue weighted by molar-refractivity contribution is 0.0872. The lowest BCUT2D eigenvalue weighted by atomic mass is 9.88. The van der Waals surface area contributed by atoms with Crippen molar-refractivity contribution in [2.45, 2.75) is 33.2 Å². The molecule has 0 bridgehead atoms. The molecule has 0 radical (unpaired) electrons. The van der Waals surface area contributed by atoms with Gasteiger partial charge < -0.3 is 11.1 Å². The molecule has 1 heterocycles. The third-order valence-electron chi connectivity index (χ3n) is 2.90. The number of hydrogen-bond acceptors (Lipinski definition) is 4. The molecule has 0 aliphatic carbocycles. The standard InChI is InChI=1S/C10H19N5O/c1-6(2)10(4,5-11)13-9(16)8-12-7(3)14-15-8/h6H,5,11H2,1-4H3,(H,13,16)(H,12,14,15). The fourth-order valence-electron chi connectivity index (χ4n) is 1.19. The third-order valence-corrected chi connectivity index (χ3v) is 2.90. The zero-order chi connectivity index (χ0) is 12.3. The maximum Gasteiger partial charge on any atom is 0.291 e. The van der Waals surface area contributed by atoms with Gasteiger partial charge in [-0.15, -0.1) is 5.10 Å². The van der Waals surface area contributed by atoms with Crippen LogP contribution in [0.1, 0.15) is 37.2 Å². The lowest BCUT2D eigenvalue weighted by Crippen LogP contribution is -2.55. The molecule has 1 unspecified atom stereocenters. The highest BCUT2D eigenvalue weighted by Gasteiger charge is 2.30. The molecule has 0 aromatic carbocycles. The average Bonchev–Trinajstić information content (AvgIpc) is 2.64. The molecule has 0 aliphatic rings. The minimum Gasteiger partial charge on any atom is -0.343 e. The Hall–Kier alpha value is -1.43. The van der Waals surface area contributed by atoms with Gasteiger partial charge in [0, 0.05) is 6.54 Å². The molecule has 1 atom stereocenters. The summed E-state index contributed by atoms with van der Waals surface area (Å²) in [6.45, 7) is 8.05.